The van der Waals surface area contributed by atoms with E-state index >= 15 is 0 Å². The second-order valence-electron chi connectivity index (χ2n) is 5.89. The fourth-order valence-corrected chi connectivity index (χ4v) is 4.16. The SMILES string of the molecule is CCS[C@@H]1CC[C@@H](NC(=O)NCCCc2c(C)noc2C)C1. The molecule has 1 fully saturated rings. The first-order chi connectivity index (χ1) is 10.6. The highest BCUT2D eigenvalue weighted by molar-refractivity contribution is 7.99. The molecule has 22 heavy (non-hydrogen) atoms. The molecule has 0 aliphatic heterocycles. The van der Waals surface area contributed by atoms with Crippen LogP contribution in [0.15, 0.2) is 4.52 Å². The van der Waals surface area contributed by atoms with Crippen LogP contribution in [0.4, 0.5) is 4.79 Å². The number of hydrogen-bond acceptors (Lipinski definition) is 4. The summed E-state index contributed by atoms with van der Waals surface area (Å²) in [7, 11) is 0. The molecule has 0 spiro atoms. The van der Waals surface area contributed by atoms with Crippen LogP contribution in [0.25, 0.3) is 0 Å². The smallest absolute Gasteiger partial charge is 0.315 e. The maximum atomic E-state index is 11.9. The molecule has 1 aromatic heterocycles. The average molecular weight is 325 g/mol. The van der Waals surface area contributed by atoms with Crippen LogP contribution in [0.5, 0.6) is 0 Å². The van der Waals surface area contributed by atoms with Gasteiger partial charge in [0.1, 0.15) is 5.76 Å². The minimum atomic E-state index is -0.0362. The zero-order chi connectivity index (χ0) is 15.9. The molecule has 0 bridgehead atoms. The molecule has 0 saturated heterocycles. The zero-order valence-electron chi connectivity index (χ0n) is 13.8. The first kappa shape index (κ1) is 17.2. The van der Waals surface area contributed by atoms with E-state index in [0.717, 1.165) is 53.7 Å². The highest BCUT2D eigenvalue weighted by Crippen LogP contribution is 2.29. The van der Waals surface area contributed by atoms with Gasteiger partial charge in [-0.15, -0.1) is 0 Å². The van der Waals surface area contributed by atoms with E-state index in [1.807, 2.05) is 25.6 Å². The Kier molecular flexibility index (Phi) is 6.61. The summed E-state index contributed by atoms with van der Waals surface area (Å²) in [6.45, 7) is 6.75. The molecule has 0 radical (unpaired) electrons. The monoisotopic (exact) mass is 325 g/mol. The summed E-state index contributed by atoms with van der Waals surface area (Å²) in [5, 5.41) is 10.7. The fraction of sp³-hybridized carbons (Fsp3) is 0.750. The van der Waals surface area contributed by atoms with Crippen molar-refractivity contribution in [1.29, 1.82) is 0 Å². The van der Waals surface area contributed by atoms with Gasteiger partial charge in [-0.1, -0.05) is 12.1 Å². The predicted molar refractivity (Wildman–Crippen MR) is 90.4 cm³/mol. The van der Waals surface area contributed by atoms with Crippen molar-refractivity contribution in [3.8, 4) is 0 Å². The number of nitrogens with zero attached hydrogens (tertiary/aromatic N) is 1. The van der Waals surface area contributed by atoms with Gasteiger partial charge in [0.05, 0.1) is 5.69 Å². The Bertz CT molecular complexity index is 470. The molecule has 1 aromatic rings. The molecule has 5 nitrogen and oxygen atoms in total. The Hall–Kier alpha value is -1.17. The number of carbonyl (C=O) groups is 1. The van der Waals surface area contributed by atoms with Crippen LogP contribution in [0.1, 0.15) is 49.6 Å². The van der Waals surface area contributed by atoms with Crippen LogP contribution >= 0.6 is 11.8 Å². The van der Waals surface area contributed by atoms with E-state index in [2.05, 4.69) is 22.7 Å². The number of amides is 2. The van der Waals surface area contributed by atoms with Gasteiger partial charge in [0.2, 0.25) is 0 Å². The van der Waals surface area contributed by atoms with Crippen molar-refractivity contribution in [3.05, 3.63) is 17.0 Å². The number of aryl methyl sites for hydroxylation is 2. The standard InChI is InChI=1S/C16H27N3O2S/c1-4-22-14-8-7-13(10-14)18-16(20)17-9-5-6-15-11(2)19-21-12(15)3/h13-14H,4-10H2,1-3H3,(H2,17,18,20)/t13-,14-/m1/s1. The number of aromatic nitrogens is 1. The van der Waals surface area contributed by atoms with Crippen LogP contribution < -0.4 is 10.6 Å². The van der Waals surface area contributed by atoms with E-state index < -0.39 is 0 Å². The van der Waals surface area contributed by atoms with Gasteiger partial charge in [0.25, 0.3) is 0 Å². The van der Waals surface area contributed by atoms with Gasteiger partial charge in [0.15, 0.2) is 0 Å². The van der Waals surface area contributed by atoms with E-state index in [1.165, 1.54) is 6.42 Å². The molecule has 2 rings (SSSR count). The van der Waals surface area contributed by atoms with Crippen LogP contribution in [-0.4, -0.2) is 34.8 Å². The van der Waals surface area contributed by atoms with Gasteiger partial charge in [-0.05, 0) is 51.7 Å². The molecule has 1 saturated carbocycles. The molecule has 2 amide bonds. The Morgan fingerprint density at radius 3 is 2.91 bits per heavy atom. The number of nitrogens with one attached hydrogen (secondary N) is 2. The van der Waals surface area contributed by atoms with Crippen molar-refractivity contribution < 1.29 is 9.32 Å². The molecule has 0 aromatic carbocycles. The predicted octanol–water partition coefficient (Wildman–Crippen LogP) is 3.20. The number of urea groups is 1. The van der Waals surface area contributed by atoms with Crippen molar-refractivity contribution in [3.63, 3.8) is 0 Å². The molecule has 1 aliphatic carbocycles. The second-order valence-corrected chi connectivity index (χ2v) is 7.47. The van der Waals surface area contributed by atoms with Gasteiger partial charge in [-0.3, -0.25) is 0 Å². The normalized spacial score (nSPS) is 21.0. The highest BCUT2D eigenvalue weighted by Gasteiger charge is 2.25. The lowest BCUT2D eigenvalue weighted by molar-refractivity contribution is 0.237. The third-order valence-electron chi connectivity index (χ3n) is 4.19. The second kappa shape index (κ2) is 8.46. The average Bonchev–Trinajstić information content (AvgIpc) is 3.04. The van der Waals surface area contributed by atoms with Crippen molar-refractivity contribution in [2.24, 2.45) is 0 Å². The highest BCUT2D eigenvalue weighted by atomic mass is 32.2. The van der Waals surface area contributed by atoms with Crippen LogP contribution in [0.3, 0.4) is 0 Å². The van der Waals surface area contributed by atoms with Crippen molar-refractivity contribution in [2.45, 2.75) is 64.2 Å². The number of hydrogen-bond donors (Lipinski definition) is 2. The van der Waals surface area contributed by atoms with Gasteiger partial charge in [-0.25, -0.2) is 4.79 Å². The topological polar surface area (TPSA) is 67.2 Å². The summed E-state index contributed by atoms with van der Waals surface area (Å²) in [4.78, 5) is 11.9. The van der Waals surface area contributed by atoms with Gasteiger partial charge in [0, 0.05) is 23.4 Å². The first-order valence-electron chi connectivity index (χ1n) is 8.17. The first-order valence-corrected chi connectivity index (χ1v) is 9.22. The lowest BCUT2D eigenvalue weighted by Crippen LogP contribution is -2.41. The summed E-state index contributed by atoms with van der Waals surface area (Å²) in [6, 6.07) is 0.303. The molecule has 2 N–H and O–H groups in total. The van der Waals surface area contributed by atoms with E-state index in [1.54, 1.807) is 0 Å². The molecule has 1 heterocycles. The summed E-state index contributed by atoms with van der Waals surface area (Å²) < 4.78 is 5.14. The van der Waals surface area contributed by atoms with E-state index in [9.17, 15) is 4.79 Å². The lowest BCUT2D eigenvalue weighted by Gasteiger charge is -2.14. The minimum absolute atomic E-state index is 0.0362. The Morgan fingerprint density at radius 2 is 2.23 bits per heavy atom. The Labute approximate surface area is 137 Å². The maximum Gasteiger partial charge on any atom is 0.315 e. The van der Waals surface area contributed by atoms with E-state index in [4.69, 9.17) is 4.52 Å². The number of rotatable bonds is 7. The summed E-state index contributed by atoms with van der Waals surface area (Å²) in [5.74, 6) is 2.04. The largest absolute Gasteiger partial charge is 0.361 e. The molecule has 124 valence electrons. The Balaban J connectivity index is 1.60. The molecule has 6 heteroatoms. The van der Waals surface area contributed by atoms with Crippen molar-refractivity contribution in [2.75, 3.05) is 12.3 Å². The molecular formula is C16H27N3O2S. The van der Waals surface area contributed by atoms with E-state index in [0.29, 0.717) is 12.6 Å². The van der Waals surface area contributed by atoms with Crippen molar-refractivity contribution in [1.82, 2.24) is 15.8 Å². The van der Waals surface area contributed by atoms with Crippen LogP contribution in [-0.2, 0) is 6.42 Å². The molecule has 2 atom stereocenters. The quantitative estimate of drug-likeness (QED) is 0.756. The molecule has 1 aliphatic rings. The third-order valence-corrected chi connectivity index (χ3v) is 5.43. The summed E-state index contributed by atoms with van der Waals surface area (Å²) >= 11 is 2.01. The zero-order valence-corrected chi connectivity index (χ0v) is 14.6. The summed E-state index contributed by atoms with van der Waals surface area (Å²) in [6.07, 6.45) is 5.21. The van der Waals surface area contributed by atoms with Crippen LogP contribution in [0, 0.1) is 13.8 Å². The van der Waals surface area contributed by atoms with E-state index in [-0.39, 0.29) is 6.03 Å². The molecule has 0 unspecified atom stereocenters. The van der Waals surface area contributed by atoms with Gasteiger partial charge in [-0.2, -0.15) is 11.8 Å². The Morgan fingerprint density at radius 1 is 1.41 bits per heavy atom. The maximum absolute atomic E-state index is 11.9. The van der Waals surface area contributed by atoms with Crippen LogP contribution in [0.2, 0.25) is 0 Å². The minimum Gasteiger partial charge on any atom is -0.361 e. The number of thioether (sulfide) groups is 1. The van der Waals surface area contributed by atoms with Crippen molar-refractivity contribution >= 4 is 17.8 Å². The van der Waals surface area contributed by atoms with Gasteiger partial charge >= 0.3 is 6.03 Å². The third kappa shape index (κ3) is 4.93. The number of carbonyl (C=O) groups excluding carboxylic acids is 1. The fourth-order valence-electron chi connectivity index (χ4n) is 3.02. The lowest BCUT2D eigenvalue weighted by atomic mass is 10.1. The summed E-state index contributed by atoms with van der Waals surface area (Å²) in [5.41, 5.74) is 2.12. The van der Waals surface area contributed by atoms with Gasteiger partial charge < -0.3 is 15.2 Å². The molecular weight excluding hydrogens is 298 g/mol.